The lowest BCUT2D eigenvalue weighted by Gasteiger charge is -2.62. The van der Waals surface area contributed by atoms with Crippen LogP contribution in [0.1, 0.15) is 53.4 Å². The van der Waals surface area contributed by atoms with Crippen molar-refractivity contribution in [1.29, 1.82) is 0 Å². The van der Waals surface area contributed by atoms with Crippen LogP contribution in [0.3, 0.4) is 0 Å². The number of alkyl halides is 2. The van der Waals surface area contributed by atoms with Crippen molar-refractivity contribution in [1.82, 2.24) is 0 Å². The summed E-state index contributed by atoms with van der Waals surface area (Å²) in [5, 5.41) is 10.7. The zero-order valence-corrected chi connectivity index (χ0v) is 20.5. The fourth-order valence-electron chi connectivity index (χ4n) is 7.46. The maximum Gasteiger partial charge on any atom is 0.306 e. The number of ketones is 2. The van der Waals surface area contributed by atoms with E-state index in [1.807, 2.05) is 0 Å². The summed E-state index contributed by atoms with van der Waals surface area (Å²) in [6.07, 6.45) is 1.90. The topological polar surface area (TPSA) is 97.7 Å². The van der Waals surface area contributed by atoms with Crippen LogP contribution in [-0.4, -0.2) is 51.1 Å². The average Bonchev–Trinajstić information content (AvgIpc) is 2.99. The number of allylic oxidation sites excluding steroid dienone is 4. The summed E-state index contributed by atoms with van der Waals surface area (Å²) in [6.45, 7) is 6.49. The SMILES string of the molecule is CCC(=O)OC1(C(=O)SCF)[C@H](C)C[C@H]2[C@@H]3CC(=O)C4=CC(=O)C=C[C@]4(C)[C@@]3(F)[C@@H](O)C[C@@]21C. The summed E-state index contributed by atoms with van der Waals surface area (Å²) in [5.41, 5.74) is -6.74. The molecule has 0 aliphatic heterocycles. The second kappa shape index (κ2) is 8.08. The smallest absolute Gasteiger partial charge is 0.306 e. The minimum Gasteiger partial charge on any atom is -0.449 e. The van der Waals surface area contributed by atoms with Gasteiger partial charge in [0.1, 0.15) is 6.01 Å². The van der Waals surface area contributed by atoms with Crippen LogP contribution in [0.2, 0.25) is 0 Å². The number of hydrogen-bond acceptors (Lipinski definition) is 7. The van der Waals surface area contributed by atoms with Crippen molar-refractivity contribution in [3.8, 4) is 0 Å². The minimum absolute atomic E-state index is 0.00858. The van der Waals surface area contributed by atoms with E-state index in [9.17, 15) is 28.7 Å². The zero-order valence-electron chi connectivity index (χ0n) is 19.7. The van der Waals surface area contributed by atoms with Gasteiger partial charge in [0, 0.05) is 35.7 Å². The van der Waals surface area contributed by atoms with E-state index in [1.165, 1.54) is 19.1 Å². The first kappa shape index (κ1) is 25.2. The number of rotatable bonds is 4. The highest BCUT2D eigenvalue weighted by atomic mass is 32.2. The maximum absolute atomic E-state index is 17.2. The number of aliphatic hydroxyl groups excluding tert-OH is 1. The van der Waals surface area contributed by atoms with E-state index in [-0.39, 0.29) is 37.0 Å². The van der Waals surface area contributed by atoms with Crippen molar-refractivity contribution in [2.75, 3.05) is 6.01 Å². The molecule has 3 saturated carbocycles. The van der Waals surface area contributed by atoms with Crippen LogP contribution < -0.4 is 0 Å². The maximum atomic E-state index is 17.2. The molecule has 3 fully saturated rings. The molecule has 0 aromatic carbocycles. The molecule has 9 heteroatoms. The molecule has 6 nitrogen and oxygen atoms in total. The largest absolute Gasteiger partial charge is 0.449 e. The molecule has 0 amide bonds. The lowest BCUT2D eigenvalue weighted by atomic mass is 9.44. The standard InChI is InChI=1S/C25H30F2O6S/c1-5-20(31)33-25(21(32)34-12-26)13(2)8-15-16-10-18(29)17-9-14(28)6-7-22(17,3)24(16,27)19(30)11-23(15,25)4/h6-7,9,13,15-16,19,30H,5,8,10-12H2,1-4H3/t13-,15+,16+,19+,22+,23+,24+,25?/m1/s1. The van der Waals surface area contributed by atoms with Gasteiger partial charge in [0.05, 0.1) is 11.5 Å². The monoisotopic (exact) mass is 496 g/mol. The van der Waals surface area contributed by atoms with Crippen LogP contribution in [0.4, 0.5) is 8.78 Å². The highest BCUT2D eigenvalue weighted by Gasteiger charge is 2.78. The molecule has 8 atom stereocenters. The number of carbonyl (C=O) groups excluding carboxylic acids is 4. The number of hydrogen-bond donors (Lipinski definition) is 1. The second-order valence-electron chi connectivity index (χ2n) is 10.5. The Labute approximate surface area is 201 Å². The molecule has 0 radical (unpaired) electrons. The Morgan fingerprint density at radius 2 is 1.94 bits per heavy atom. The molecule has 0 saturated heterocycles. The predicted molar refractivity (Wildman–Crippen MR) is 121 cm³/mol. The van der Waals surface area contributed by atoms with Crippen LogP contribution in [0.15, 0.2) is 23.8 Å². The highest BCUT2D eigenvalue weighted by molar-refractivity contribution is 8.13. The highest BCUT2D eigenvalue weighted by Crippen LogP contribution is 2.71. The van der Waals surface area contributed by atoms with Gasteiger partial charge in [0.25, 0.3) is 0 Å². The van der Waals surface area contributed by atoms with Crippen LogP contribution in [0.25, 0.3) is 0 Å². The molecule has 1 N–H and O–H groups in total. The summed E-state index contributed by atoms with van der Waals surface area (Å²) in [4.78, 5) is 51.0. The van der Waals surface area contributed by atoms with Gasteiger partial charge in [-0.25, -0.2) is 8.78 Å². The molecule has 0 bridgehead atoms. The first-order chi connectivity index (χ1) is 15.8. The first-order valence-corrected chi connectivity index (χ1v) is 12.6. The molecular weight excluding hydrogens is 466 g/mol. The summed E-state index contributed by atoms with van der Waals surface area (Å²) in [7, 11) is 0. The molecule has 0 aromatic rings. The predicted octanol–water partition coefficient (Wildman–Crippen LogP) is 3.66. The Kier molecular flexibility index (Phi) is 6.00. The third-order valence-corrected chi connectivity index (χ3v) is 9.75. The van der Waals surface area contributed by atoms with Gasteiger partial charge in [0.15, 0.2) is 22.8 Å². The van der Waals surface area contributed by atoms with E-state index in [1.54, 1.807) is 20.8 Å². The van der Waals surface area contributed by atoms with Gasteiger partial charge in [0.2, 0.25) is 5.12 Å². The number of thioether (sulfide) groups is 1. The van der Waals surface area contributed by atoms with Gasteiger partial charge in [-0.1, -0.05) is 26.8 Å². The number of esters is 1. The van der Waals surface area contributed by atoms with Crippen LogP contribution in [0.5, 0.6) is 0 Å². The molecule has 4 aliphatic carbocycles. The number of fused-ring (bicyclic) bond motifs is 5. The Morgan fingerprint density at radius 1 is 1.26 bits per heavy atom. The Morgan fingerprint density at radius 3 is 2.56 bits per heavy atom. The molecule has 4 rings (SSSR count). The van der Waals surface area contributed by atoms with Crippen molar-refractivity contribution in [3.63, 3.8) is 0 Å². The van der Waals surface area contributed by atoms with E-state index in [2.05, 4.69) is 0 Å². The van der Waals surface area contributed by atoms with E-state index >= 15 is 4.39 Å². The van der Waals surface area contributed by atoms with E-state index < -0.39 is 68.8 Å². The van der Waals surface area contributed by atoms with Crippen LogP contribution >= 0.6 is 11.8 Å². The Bertz CT molecular complexity index is 1020. The third kappa shape index (κ3) is 2.95. The molecular formula is C25H30F2O6S. The van der Waals surface area contributed by atoms with Crippen molar-refractivity contribution in [2.45, 2.75) is 70.8 Å². The Balaban J connectivity index is 1.88. The summed E-state index contributed by atoms with van der Waals surface area (Å²) < 4.78 is 36.3. The molecule has 0 heterocycles. The van der Waals surface area contributed by atoms with Crippen LogP contribution in [0, 0.1) is 28.6 Å². The van der Waals surface area contributed by atoms with Gasteiger partial charge < -0.3 is 9.84 Å². The third-order valence-electron chi connectivity index (χ3n) is 9.08. The molecule has 4 aliphatic rings. The van der Waals surface area contributed by atoms with Gasteiger partial charge >= 0.3 is 5.97 Å². The van der Waals surface area contributed by atoms with Gasteiger partial charge in [-0.05, 0) is 49.6 Å². The number of carbonyl (C=O) groups is 4. The fourth-order valence-corrected chi connectivity index (χ4v) is 8.25. The number of ether oxygens (including phenoxy) is 1. The van der Waals surface area contributed by atoms with Gasteiger partial charge in [-0.2, -0.15) is 0 Å². The van der Waals surface area contributed by atoms with Gasteiger partial charge in [-0.15, -0.1) is 0 Å². The lowest BCUT2D eigenvalue weighted by Crippen LogP contribution is -2.70. The summed E-state index contributed by atoms with van der Waals surface area (Å²) in [5.74, 6) is -3.59. The molecule has 34 heavy (non-hydrogen) atoms. The second-order valence-corrected chi connectivity index (χ2v) is 11.4. The molecule has 0 spiro atoms. The fraction of sp³-hybridized carbons (Fsp3) is 0.680. The quantitative estimate of drug-likeness (QED) is 0.593. The van der Waals surface area contributed by atoms with Crippen molar-refractivity contribution in [3.05, 3.63) is 23.8 Å². The van der Waals surface area contributed by atoms with Crippen molar-refractivity contribution < 1.29 is 37.8 Å². The summed E-state index contributed by atoms with van der Waals surface area (Å²) >= 11 is 0.403. The lowest BCUT2D eigenvalue weighted by molar-refractivity contribution is -0.223. The number of aliphatic hydroxyl groups is 1. The van der Waals surface area contributed by atoms with E-state index in [0.29, 0.717) is 11.8 Å². The average molecular weight is 497 g/mol. The summed E-state index contributed by atoms with van der Waals surface area (Å²) in [6, 6.07) is -1.01. The Hall–Kier alpha value is -1.87. The molecule has 186 valence electrons. The van der Waals surface area contributed by atoms with Crippen LogP contribution in [-0.2, 0) is 23.9 Å². The zero-order chi connectivity index (χ0) is 25.3. The van der Waals surface area contributed by atoms with Crippen molar-refractivity contribution in [2.24, 2.45) is 28.6 Å². The minimum atomic E-state index is -2.28. The molecule has 1 unspecified atom stereocenters. The van der Waals surface area contributed by atoms with E-state index in [0.717, 1.165) is 6.08 Å². The van der Waals surface area contributed by atoms with Gasteiger partial charge in [-0.3, -0.25) is 19.2 Å². The normalized spacial score (nSPS) is 45.2. The number of halogens is 2. The number of Topliss-reactive ketones (excluding diaryl/α,β-unsaturated/α-hetero) is 1. The molecule has 0 aromatic heterocycles. The van der Waals surface area contributed by atoms with Crippen molar-refractivity contribution >= 4 is 34.4 Å². The first-order valence-electron chi connectivity index (χ1n) is 11.6. The van der Waals surface area contributed by atoms with E-state index in [4.69, 9.17) is 4.74 Å².